The van der Waals surface area contributed by atoms with Crippen molar-refractivity contribution in [2.45, 2.75) is 89.7 Å². The van der Waals surface area contributed by atoms with Crippen LogP contribution < -0.4 is 0 Å². The lowest BCUT2D eigenvalue weighted by Crippen LogP contribution is -2.31. The molecule has 0 aliphatic carbocycles. The lowest BCUT2D eigenvalue weighted by atomic mass is 10.3. The molecule has 0 saturated heterocycles. The molecule has 0 rings (SSSR count). The van der Waals surface area contributed by atoms with Crippen molar-refractivity contribution in [1.82, 2.24) is 0 Å². The molecule has 0 heterocycles. The third kappa shape index (κ3) is 32.0. The highest BCUT2D eigenvalue weighted by Crippen LogP contribution is 2.00. The SMILES string of the molecule is C.C.C.C.C.C.COC(C)COC(COCC(C)O)COCC(C)O. The third-order valence-electron chi connectivity index (χ3n) is 2.29. The first-order valence-electron chi connectivity index (χ1n) is 6.61. The molecule has 0 amide bonds. The molecule has 0 aliphatic rings. The monoisotopic (exact) mass is 376 g/mol. The van der Waals surface area contributed by atoms with Gasteiger partial charge in [-0.3, -0.25) is 0 Å². The topological polar surface area (TPSA) is 77.4 Å². The summed E-state index contributed by atoms with van der Waals surface area (Å²) in [5, 5.41) is 18.2. The quantitative estimate of drug-likeness (QED) is 0.536. The van der Waals surface area contributed by atoms with Crippen LogP contribution in [0.2, 0.25) is 0 Å². The minimum atomic E-state index is -0.503. The van der Waals surface area contributed by atoms with Gasteiger partial charge in [-0.2, -0.15) is 0 Å². The Morgan fingerprint density at radius 2 is 1.00 bits per heavy atom. The van der Waals surface area contributed by atoms with Crippen molar-refractivity contribution in [3.05, 3.63) is 0 Å². The maximum Gasteiger partial charge on any atom is 0.104 e. The summed E-state index contributed by atoms with van der Waals surface area (Å²) in [7, 11) is 1.62. The summed E-state index contributed by atoms with van der Waals surface area (Å²) >= 11 is 0. The molecule has 2 N–H and O–H groups in total. The molecule has 3 unspecified atom stereocenters. The van der Waals surface area contributed by atoms with Gasteiger partial charge in [-0.1, -0.05) is 44.6 Å². The zero-order valence-electron chi connectivity index (χ0n) is 12.4. The molecule has 6 heteroatoms. The van der Waals surface area contributed by atoms with E-state index in [1.165, 1.54) is 0 Å². The molecule has 0 radical (unpaired) electrons. The molecule has 0 aromatic rings. The average molecular weight is 377 g/mol. The summed E-state index contributed by atoms with van der Waals surface area (Å²) in [5.41, 5.74) is 0. The first-order chi connectivity index (χ1) is 8.95. The van der Waals surface area contributed by atoms with Crippen LogP contribution in [0.1, 0.15) is 65.3 Å². The summed E-state index contributed by atoms with van der Waals surface area (Å²) in [4.78, 5) is 0. The van der Waals surface area contributed by atoms with Crippen molar-refractivity contribution in [2.75, 3.05) is 40.1 Å². The average Bonchev–Trinajstić information content (AvgIpc) is 2.33. The highest BCUT2D eigenvalue weighted by atomic mass is 16.6. The van der Waals surface area contributed by atoms with E-state index in [0.29, 0.717) is 19.8 Å². The van der Waals surface area contributed by atoms with Crippen LogP contribution in [0.25, 0.3) is 0 Å². The predicted octanol–water partition coefficient (Wildman–Crippen LogP) is 4.02. The Kier molecular flexibility index (Phi) is 50.6. The van der Waals surface area contributed by atoms with E-state index in [4.69, 9.17) is 29.2 Å². The fourth-order valence-corrected chi connectivity index (χ4v) is 1.22. The highest BCUT2D eigenvalue weighted by Gasteiger charge is 2.13. The second-order valence-electron chi connectivity index (χ2n) is 4.77. The summed E-state index contributed by atoms with van der Waals surface area (Å²) < 4.78 is 21.4. The van der Waals surface area contributed by atoms with Crippen molar-refractivity contribution in [3.63, 3.8) is 0 Å². The number of aliphatic hydroxyl groups excluding tert-OH is 2. The molecule has 6 nitrogen and oxygen atoms in total. The first kappa shape index (κ1) is 44.3. The molecular formula is C19H52O6. The third-order valence-corrected chi connectivity index (χ3v) is 2.29. The molecule has 0 aromatic heterocycles. The van der Waals surface area contributed by atoms with Crippen molar-refractivity contribution in [1.29, 1.82) is 0 Å². The number of hydrogen-bond acceptors (Lipinski definition) is 6. The standard InChI is InChI=1S/C13H28O6.6CH4/c1-10(14)5-17-8-13(9-18-6-11(2)15)19-7-12(3)16-4;;;;;;/h10-15H,5-9H2,1-4H3;6*1H4. The van der Waals surface area contributed by atoms with E-state index >= 15 is 0 Å². The van der Waals surface area contributed by atoms with E-state index in [2.05, 4.69) is 0 Å². The van der Waals surface area contributed by atoms with Crippen LogP contribution in [-0.2, 0) is 18.9 Å². The van der Waals surface area contributed by atoms with Gasteiger partial charge in [-0.25, -0.2) is 0 Å². The Bertz CT molecular complexity index is 186. The zero-order valence-corrected chi connectivity index (χ0v) is 12.4. The van der Waals surface area contributed by atoms with Gasteiger partial charge < -0.3 is 29.2 Å². The van der Waals surface area contributed by atoms with Gasteiger partial charge in [0, 0.05) is 7.11 Å². The number of methoxy groups -OCH3 is 1. The smallest absolute Gasteiger partial charge is 0.104 e. The van der Waals surface area contributed by atoms with Gasteiger partial charge in [0.2, 0.25) is 0 Å². The van der Waals surface area contributed by atoms with Gasteiger partial charge >= 0.3 is 0 Å². The van der Waals surface area contributed by atoms with Crippen LogP contribution in [0, 0.1) is 0 Å². The van der Waals surface area contributed by atoms with E-state index in [-0.39, 0.29) is 70.0 Å². The molecule has 0 fully saturated rings. The summed E-state index contributed by atoms with van der Waals surface area (Å²) in [6, 6.07) is 0. The van der Waals surface area contributed by atoms with Crippen LogP contribution in [-0.4, -0.2) is 74.8 Å². The Hall–Kier alpha value is -0.240. The number of hydrogen-bond donors (Lipinski definition) is 2. The molecule has 0 aromatic carbocycles. The molecule has 164 valence electrons. The second-order valence-corrected chi connectivity index (χ2v) is 4.77. The Morgan fingerprint density at radius 1 is 0.640 bits per heavy atom. The normalized spacial score (nSPS) is 13.7. The van der Waals surface area contributed by atoms with E-state index < -0.39 is 12.2 Å². The van der Waals surface area contributed by atoms with Gasteiger partial charge in [0.05, 0.1) is 51.3 Å². The lowest BCUT2D eigenvalue weighted by molar-refractivity contribution is -0.0967. The maximum atomic E-state index is 9.12. The van der Waals surface area contributed by atoms with E-state index in [1.54, 1.807) is 21.0 Å². The zero-order chi connectivity index (χ0) is 14.7. The largest absolute Gasteiger partial charge is 0.391 e. The van der Waals surface area contributed by atoms with Crippen LogP contribution in [0.3, 0.4) is 0 Å². The maximum absolute atomic E-state index is 9.12. The second kappa shape index (κ2) is 28.6. The van der Waals surface area contributed by atoms with Crippen LogP contribution in [0.15, 0.2) is 0 Å². The van der Waals surface area contributed by atoms with Crippen LogP contribution in [0.4, 0.5) is 0 Å². The van der Waals surface area contributed by atoms with E-state index in [9.17, 15) is 0 Å². The van der Waals surface area contributed by atoms with Crippen LogP contribution >= 0.6 is 0 Å². The Labute approximate surface area is 159 Å². The number of aliphatic hydroxyl groups is 2. The first-order valence-corrected chi connectivity index (χ1v) is 6.61. The minimum Gasteiger partial charge on any atom is -0.391 e. The fourth-order valence-electron chi connectivity index (χ4n) is 1.22. The summed E-state index contributed by atoms with van der Waals surface area (Å²) in [6.07, 6.45) is -1.25. The summed E-state index contributed by atoms with van der Waals surface area (Å²) in [5.74, 6) is 0. The number of rotatable bonds is 12. The lowest BCUT2D eigenvalue weighted by Gasteiger charge is -2.21. The molecular weight excluding hydrogens is 324 g/mol. The molecule has 3 atom stereocenters. The molecule has 0 spiro atoms. The summed E-state index contributed by atoms with van der Waals surface area (Å²) in [6.45, 7) is 6.86. The van der Waals surface area contributed by atoms with Crippen LogP contribution in [0.5, 0.6) is 0 Å². The highest BCUT2D eigenvalue weighted by molar-refractivity contribution is 4.59. The molecule has 0 bridgehead atoms. The molecule has 0 saturated carbocycles. The minimum absolute atomic E-state index is 0. The number of ether oxygens (including phenoxy) is 4. The van der Waals surface area contributed by atoms with Crippen molar-refractivity contribution < 1.29 is 29.2 Å². The Morgan fingerprint density at radius 3 is 1.28 bits per heavy atom. The van der Waals surface area contributed by atoms with Crippen molar-refractivity contribution in [2.24, 2.45) is 0 Å². The van der Waals surface area contributed by atoms with Gasteiger partial charge in [0.25, 0.3) is 0 Å². The predicted molar refractivity (Wildman–Crippen MR) is 112 cm³/mol. The fraction of sp³-hybridized carbons (Fsp3) is 1.00. The van der Waals surface area contributed by atoms with Gasteiger partial charge in [-0.05, 0) is 20.8 Å². The van der Waals surface area contributed by atoms with E-state index in [1.807, 2.05) is 6.92 Å². The van der Waals surface area contributed by atoms with Crippen molar-refractivity contribution in [3.8, 4) is 0 Å². The molecule has 0 aliphatic heterocycles. The Balaban J connectivity index is -0.000000108. The van der Waals surface area contributed by atoms with E-state index in [0.717, 1.165) is 0 Å². The van der Waals surface area contributed by atoms with Gasteiger partial charge in [0.1, 0.15) is 6.10 Å². The van der Waals surface area contributed by atoms with Gasteiger partial charge in [0.15, 0.2) is 0 Å². The molecule has 25 heavy (non-hydrogen) atoms. The van der Waals surface area contributed by atoms with Gasteiger partial charge in [-0.15, -0.1) is 0 Å². The van der Waals surface area contributed by atoms with Crippen molar-refractivity contribution >= 4 is 0 Å².